The number of hydrogen-bond acceptors (Lipinski definition) is 1. The van der Waals surface area contributed by atoms with Gasteiger partial charge in [-0.15, -0.1) is 19.7 Å². The summed E-state index contributed by atoms with van der Waals surface area (Å²) in [6.45, 7) is 25.9. The van der Waals surface area contributed by atoms with Gasteiger partial charge in [-0.05, 0) is 82.1 Å². The molecule has 1 N–H and O–H groups in total. The highest BCUT2D eigenvalue weighted by Gasteiger charge is 2.19. The van der Waals surface area contributed by atoms with E-state index in [1.807, 2.05) is 31.2 Å². The molecule has 1 heteroatoms. The van der Waals surface area contributed by atoms with Gasteiger partial charge in [-0.1, -0.05) is 118 Å². The lowest BCUT2D eigenvalue weighted by Crippen LogP contribution is -1.99. The van der Waals surface area contributed by atoms with Gasteiger partial charge in [0.25, 0.3) is 0 Å². The molecule has 0 aliphatic heterocycles. The van der Waals surface area contributed by atoms with Crippen molar-refractivity contribution < 1.29 is 0 Å². The van der Waals surface area contributed by atoms with E-state index in [0.29, 0.717) is 0 Å². The monoisotopic (exact) mass is 487 g/mol. The molecule has 0 saturated heterocycles. The van der Waals surface area contributed by atoms with Crippen molar-refractivity contribution in [2.24, 2.45) is 0 Å². The molecular weight excluding hydrogens is 446 g/mol. The van der Waals surface area contributed by atoms with E-state index in [4.69, 9.17) is 5.41 Å². The summed E-state index contributed by atoms with van der Waals surface area (Å²) in [5.74, 6) is 0. The Kier molecular flexibility index (Phi) is 14.4. The van der Waals surface area contributed by atoms with Crippen LogP contribution in [0.1, 0.15) is 49.8 Å². The van der Waals surface area contributed by atoms with Crippen molar-refractivity contribution in [1.29, 1.82) is 5.41 Å². The van der Waals surface area contributed by atoms with Gasteiger partial charge in [0.2, 0.25) is 0 Å². The summed E-state index contributed by atoms with van der Waals surface area (Å²) >= 11 is 0. The summed E-state index contributed by atoms with van der Waals surface area (Å²) in [6.07, 6.45) is 15.8. The Morgan fingerprint density at radius 3 is 1.89 bits per heavy atom. The van der Waals surface area contributed by atoms with Crippen molar-refractivity contribution in [3.63, 3.8) is 0 Å². The molecule has 0 atom stereocenters. The molecule has 0 fully saturated rings. The zero-order chi connectivity index (χ0) is 27.6. The molecule has 0 spiro atoms. The van der Waals surface area contributed by atoms with Crippen LogP contribution in [0, 0.1) is 5.41 Å². The second-order valence-corrected chi connectivity index (χ2v) is 7.99. The molecule has 0 radical (unpaired) electrons. The van der Waals surface area contributed by atoms with Crippen LogP contribution < -0.4 is 0 Å². The average Bonchev–Trinajstić information content (AvgIpc) is 2.95. The number of unbranched alkanes of at least 4 members (excludes halogenated alkanes) is 1. The Labute approximate surface area is 224 Å². The molecule has 0 aliphatic carbocycles. The van der Waals surface area contributed by atoms with Crippen LogP contribution in [0.3, 0.4) is 0 Å². The molecule has 0 bridgehead atoms. The molecule has 3 aromatic rings. The van der Waals surface area contributed by atoms with E-state index in [9.17, 15) is 0 Å². The summed E-state index contributed by atoms with van der Waals surface area (Å²) in [5, 5.41) is 9.71. The highest BCUT2D eigenvalue weighted by molar-refractivity contribution is 6.10. The van der Waals surface area contributed by atoms with Gasteiger partial charge in [-0.2, -0.15) is 0 Å². The van der Waals surface area contributed by atoms with Gasteiger partial charge in [0.15, 0.2) is 0 Å². The maximum Gasteiger partial charge on any atom is -0.00239 e. The first kappa shape index (κ1) is 30.8. The Hall–Kier alpha value is -4.23. The Balaban J connectivity index is 0.00000127. The van der Waals surface area contributed by atoms with Crippen molar-refractivity contribution in [1.82, 2.24) is 0 Å². The fraction of sp³-hybridized carbons (Fsp3) is 0.139. The summed E-state index contributed by atoms with van der Waals surface area (Å²) in [4.78, 5) is 0. The lowest BCUT2D eigenvalue weighted by atomic mass is 9.82. The third-order valence-corrected chi connectivity index (χ3v) is 5.77. The summed E-state index contributed by atoms with van der Waals surface area (Å²) in [7, 11) is 0. The fourth-order valence-corrected chi connectivity index (χ4v) is 4.29. The molecule has 0 aliphatic rings. The maximum atomic E-state index is 7.33. The van der Waals surface area contributed by atoms with E-state index >= 15 is 0 Å². The Morgan fingerprint density at radius 1 is 0.811 bits per heavy atom. The average molecular weight is 488 g/mol. The van der Waals surface area contributed by atoms with Crippen LogP contribution in [0.5, 0.6) is 0 Å². The molecule has 0 heterocycles. The minimum Gasteiger partial charge on any atom is -0.313 e. The normalized spacial score (nSPS) is 10.8. The number of benzene rings is 3. The molecule has 3 aromatic carbocycles. The maximum absolute atomic E-state index is 7.33. The van der Waals surface area contributed by atoms with Crippen LogP contribution in [0.4, 0.5) is 0 Å². The SMILES string of the molecule is C=C.C=C/C(CC)=C(/C=C\CCC=N)c1c(C=C)c(C=C)c(-c2ccccc2)c2ccccc12.C=CC. The minimum absolute atomic E-state index is 0.735. The molecule has 190 valence electrons. The standard InChI is InChI=1S/C31H31N.C3H6.C2H4/c1-5-23(6-2)27(19-13-10-16-22-32)31-26(8-4)25(7-3)30(24-17-11-9-12-18-24)28-20-14-15-21-29(28)31;1-3-2;1-2/h5,7-9,11-15,17-22,32H,1,3-4,6,10,16H2,2H3;3H,1H2,2H3;1-2H2/b19-13-,27-23+,32-22?;;. The van der Waals surface area contributed by atoms with Crippen LogP contribution in [0.2, 0.25) is 0 Å². The van der Waals surface area contributed by atoms with Crippen molar-refractivity contribution >= 4 is 34.7 Å². The predicted octanol–water partition coefficient (Wildman–Crippen LogP) is 11.1. The zero-order valence-electron chi connectivity index (χ0n) is 22.6. The molecule has 1 nitrogen and oxygen atoms in total. The molecule has 0 saturated carbocycles. The van der Waals surface area contributed by atoms with Crippen molar-refractivity contribution in [2.45, 2.75) is 33.1 Å². The quantitative estimate of drug-likeness (QED) is 0.127. The first-order valence-corrected chi connectivity index (χ1v) is 12.6. The largest absolute Gasteiger partial charge is 0.313 e. The molecule has 0 amide bonds. The summed E-state index contributed by atoms with van der Waals surface area (Å²) in [5.41, 5.74) is 8.02. The van der Waals surface area contributed by atoms with Gasteiger partial charge < -0.3 is 5.41 Å². The highest BCUT2D eigenvalue weighted by Crippen LogP contribution is 2.42. The number of hydrogen-bond donors (Lipinski definition) is 1. The first-order valence-electron chi connectivity index (χ1n) is 12.6. The van der Waals surface area contributed by atoms with Crippen molar-refractivity contribution in [2.75, 3.05) is 0 Å². The molecule has 0 unspecified atom stereocenters. The van der Waals surface area contributed by atoms with E-state index in [2.05, 4.69) is 107 Å². The molecule has 0 aromatic heterocycles. The number of rotatable bonds is 10. The minimum atomic E-state index is 0.735. The van der Waals surface area contributed by atoms with E-state index in [0.717, 1.165) is 41.5 Å². The number of allylic oxidation sites excluding steroid dienone is 6. The summed E-state index contributed by atoms with van der Waals surface area (Å²) < 4.78 is 0. The van der Waals surface area contributed by atoms with E-state index in [-0.39, 0.29) is 0 Å². The van der Waals surface area contributed by atoms with Gasteiger partial charge >= 0.3 is 0 Å². The second-order valence-electron chi connectivity index (χ2n) is 7.99. The van der Waals surface area contributed by atoms with Crippen LogP contribution >= 0.6 is 0 Å². The van der Waals surface area contributed by atoms with Crippen LogP contribution in [0.25, 0.3) is 39.6 Å². The lowest BCUT2D eigenvalue weighted by molar-refractivity contribution is 1.11. The molecular formula is C36H41N. The van der Waals surface area contributed by atoms with Gasteiger partial charge in [0.1, 0.15) is 0 Å². The van der Waals surface area contributed by atoms with Crippen LogP contribution in [-0.2, 0) is 0 Å². The van der Waals surface area contributed by atoms with Gasteiger partial charge in [0.05, 0.1) is 0 Å². The summed E-state index contributed by atoms with van der Waals surface area (Å²) in [6, 6.07) is 19.1. The number of nitrogens with one attached hydrogen (secondary N) is 1. The van der Waals surface area contributed by atoms with Crippen molar-refractivity contribution in [3.05, 3.63) is 141 Å². The second kappa shape index (κ2) is 17.2. The third-order valence-electron chi connectivity index (χ3n) is 5.77. The van der Waals surface area contributed by atoms with Crippen molar-refractivity contribution in [3.8, 4) is 11.1 Å². The highest BCUT2D eigenvalue weighted by atomic mass is 14.3. The number of fused-ring (bicyclic) bond motifs is 1. The Bertz CT molecular complexity index is 1270. The van der Waals surface area contributed by atoms with Crippen LogP contribution in [-0.4, -0.2) is 6.21 Å². The fourth-order valence-electron chi connectivity index (χ4n) is 4.29. The van der Waals surface area contributed by atoms with Crippen LogP contribution in [0.15, 0.2) is 124 Å². The van der Waals surface area contributed by atoms with E-state index < -0.39 is 0 Å². The smallest absolute Gasteiger partial charge is 0.00239 e. The topological polar surface area (TPSA) is 23.9 Å². The predicted molar refractivity (Wildman–Crippen MR) is 171 cm³/mol. The van der Waals surface area contributed by atoms with E-state index in [1.54, 1.807) is 6.08 Å². The first-order chi connectivity index (χ1) is 18.1. The Morgan fingerprint density at radius 2 is 1.38 bits per heavy atom. The van der Waals surface area contributed by atoms with Gasteiger partial charge in [-0.3, -0.25) is 0 Å². The lowest BCUT2D eigenvalue weighted by Gasteiger charge is -2.22. The van der Waals surface area contributed by atoms with E-state index in [1.165, 1.54) is 33.7 Å². The molecule has 3 rings (SSSR count). The molecule has 37 heavy (non-hydrogen) atoms. The van der Waals surface area contributed by atoms with Gasteiger partial charge in [0, 0.05) is 0 Å². The van der Waals surface area contributed by atoms with Gasteiger partial charge in [-0.25, -0.2) is 0 Å². The zero-order valence-corrected chi connectivity index (χ0v) is 22.6. The third kappa shape index (κ3) is 7.62.